The summed E-state index contributed by atoms with van der Waals surface area (Å²) in [5.74, 6) is 0.911. The van der Waals surface area contributed by atoms with Crippen LogP contribution in [0.4, 0.5) is 0 Å². The molecule has 0 radical (unpaired) electrons. The highest BCUT2D eigenvalue weighted by Crippen LogP contribution is 2.27. The molecule has 11 heavy (non-hydrogen) atoms. The van der Waals surface area contributed by atoms with E-state index in [4.69, 9.17) is 9.84 Å². The van der Waals surface area contributed by atoms with Crippen LogP contribution in [-0.4, -0.2) is 24.9 Å². The zero-order valence-corrected chi connectivity index (χ0v) is 7.09. The summed E-state index contributed by atoms with van der Waals surface area (Å²) in [6, 6.07) is 0. The standard InChI is InChI=1S/C9H18O2/c10-6-8-11-7-5-9-3-1-2-4-9/h9-10H,1-8H2. The highest BCUT2D eigenvalue weighted by Gasteiger charge is 2.13. The second kappa shape index (κ2) is 5.56. The van der Waals surface area contributed by atoms with Crippen LogP contribution in [-0.2, 0) is 4.74 Å². The summed E-state index contributed by atoms with van der Waals surface area (Å²) >= 11 is 0. The lowest BCUT2D eigenvalue weighted by Crippen LogP contribution is -2.04. The zero-order valence-electron chi connectivity index (χ0n) is 7.09. The lowest BCUT2D eigenvalue weighted by Gasteiger charge is -2.07. The first-order valence-electron chi connectivity index (χ1n) is 4.62. The van der Waals surface area contributed by atoms with Gasteiger partial charge in [0.15, 0.2) is 0 Å². The van der Waals surface area contributed by atoms with Crippen molar-refractivity contribution in [3.63, 3.8) is 0 Å². The number of rotatable bonds is 5. The Kier molecular flexibility index (Phi) is 4.55. The molecule has 0 unspecified atom stereocenters. The highest BCUT2D eigenvalue weighted by molar-refractivity contribution is 4.66. The maximum atomic E-state index is 8.43. The van der Waals surface area contributed by atoms with Crippen molar-refractivity contribution >= 4 is 0 Å². The first-order valence-corrected chi connectivity index (χ1v) is 4.62. The summed E-state index contributed by atoms with van der Waals surface area (Å²) in [5, 5.41) is 8.43. The number of aliphatic hydroxyl groups excluding tert-OH is 1. The first-order chi connectivity index (χ1) is 5.43. The molecule has 0 atom stereocenters. The summed E-state index contributed by atoms with van der Waals surface area (Å²) in [5.41, 5.74) is 0. The summed E-state index contributed by atoms with van der Waals surface area (Å²) in [7, 11) is 0. The topological polar surface area (TPSA) is 29.5 Å². The molecule has 0 aromatic carbocycles. The Bertz CT molecular complexity index is 87.6. The summed E-state index contributed by atoms with van der Waals surface area (Å²) in [6.07, 6.45) is 6.79. The van der Waals surface area contributed by atoms with Crippen molar-refractivity contribution in [1.82, 2.24) is 0 Å². The Hall–Kier alpha value is -0.0800. The van der Waals surface area contributed by atoms with Crippen molar-refractivity contribution in [1.29, 1.82) is 0 Å². The van der Waals surface area contributed by atoms with Crippen LogP contribution in [0, 0.1) is 5.92 Å². The van der Waals surface area contributed by atoms with Gasteiger partial charge >= 0.3 is 0 Å². The molecule has 0 heterocycles. The summed E-state index contributed by atoms with van der Waals surface area (Å²) in [4.78, 5) is 0. The van der Waals surface area contributed by atoms with Crippen LogP contribution < -0.4 is 0 Å². The Labute approximate surface area is 68.6 Å². The summed E-state index contributed by atoms with van der Waals surface area (Å²) in [6.45, 7) is 1.50. The van der Waals surface area contributed by atoms with E-state index in [-0.39, 0.29) is 6.61 Å². The van der Waals surface area contributed by atoms with E-state index in [1.165, 1.54) is 32.1 Å². The van der Waals surface area contributed by atoms with Crippen molar-refractivity contribution in [3.8, 4) is 0 Å². The van der Waals surface area contributed by atoms with Gasteiger partial charge in [0.05, 0.1) is 13.2 Å². The van der Waals surface area contributed by atoms with Crippen LogP contribution in [0.25, 0.3) is 0 Å². The van der Waals surface area contributed by atoms with E-state index < -0.39 is 0 Å². The third-order valence-corrected chi connectivity index (χ3v) is 2.38. The molecule has 0 bridgehead atoms. The van der Waals surface area contributed by atoms with Crippen molar-refractivity contribution in [2.24, 2.45) is 5.92 Å². The van der Waals surface area contributed by atoms with Crippen LogP contribution in [0.5, 0.6) is 0 Å². The van der Waals surface area contributed by atoms with Gasteiger partial charge in [-0.1, -0.05) is 25.7 Å². The second-order valence-corrected chi connectivity index (χ2v) is 3.28. The molecule has 0 aromatic heterocycles. The quantitative estimate of drug-likeness (QED) is 0.615. The molecule has 0 saturated heterocycles. The molecule has 1 N–H and O–H groups in total. The normalized spacial score (nSPS) is 19.4. The van der Waals surface area contributed by atoms with E-state index in [9.17, 15) is 0 Å². The average molecular weight is 158 g/mol. The molecule has 0 spiro atoms. The van der Waals surface area contributed by atoms with Gasteiger partial charge in [0.1, 0.15) is 0 Å². The smallest absolute Gasteiger partial charge is 0.0697 e. The minimum Gasteiger partial charge on any atom is -0.394 e. The fourth-order valence-electron chi connectivity index (χ4n) is 1.72. The van der Waals surface area contributed by atoms with Crippen molar-refractivity contribution in [2.45, 2.75) is 32.1 Å². The predicted octanol–water partition coefficient (Wildman–Crippen LogP) is 1.58. The maximum absolute atomic E-state index is 8.43. The second-order valence-electron chi connectivity index (χ2n) is 3.28. The van der Waals surface area contributed by atoms with E-state index in [1.807, 2.05) is 0 Å². The molecule has 66 valence electrons. The molecule has 0 aromatic rings. The minimum atomic E-state index is 0.157. The van der Waals surface area contributed by atoms with Crippen molar-refractivity contribution in [2.75, 3.05) is 19.8 Å². The molecule has 2 nitrogen and oxygen atoms in total. The molecule has 0 amide bonds. The SMILES string of the molecule is OCCOCCC1CCCC1. The largest absolute Gasteiger partial charge is 0.394 e. The fourth-order valence-corrected chi connectivity index (χ4v) is 1.72. The number of ether oxygens (including phenoxy) is 1. The van der Waals surface area contributed by atoms with E-state index in [0.29, 0.717) is 6.61 Å². The van der Waals surface area contributed by atoms with Gasteiger partial charge in [-0.2, -0.15) is 0 Å². The summed E-state index contributed by atoms with van der Waals surface area (Å²) < 4.78 is 5.19. The van der Waals surface area contributed by atoms with Gasteiger partial charge in [0.25, 0.3) is 0 Å². The molecular formula is C9H18O2. The molecule has 1 fully saturated rings. The Morgan fingerprint density at radius 3 is 2.55 bits per heavy atom. The van der Waals surface area contributed by atoms with Gasteiger partial charge in [0, 0.05) is 6.61 Å². The van der Waals surface area contributed by atoms with Crippen molar-refractivity contribution < 1.29 is 9.84 Å². The molecule has 1 aliphatic rings. The van der Waals surface area contributed by atoms with Gasteiger partial charge in [-0.05, 0) is 12.3 Å². The minimum absolute atomic E-state index is 0.157. The number of aliphatic hydroxyl groups is 1. The Balaban J connectivity index is 1.86. The van der Waals surface area contributed by atoms with Gasteiger partial charge < -0.3 is 9.84 Å². The number of hydrogen-bond donors (Lipinski definition) is 1. The predicted molar refractivity (Wildman–Crippen MR) is 44.5 cm³/mol. The Morgan fingerprint density at radius 1 is 1.18 bits per heavy atom. The molecule has 2 heteroatoms. The van der Waals surface area contributed by atoms with Gasteiger partial charge in [-0.15, -0.1) is 0 Å². The number of hydrogen-bond acceptors (Lipinski definition) is 2. The van der Waals surface area contributed by atoms with Crippen LogP contribution in [0.1, 0.15) is 32.1 Å². The van der Waals surface area contributed by atoms with E-state index >= 15 is 0 Å². The van der Waals surface area contributed by atoms with E-state index in [2.05, 4.69) is 0 Å². The third kappa shape index (κ3) is 3.73. The van der Waals surface area contributed by atoms with E-state index in [0.717, 1.165) is 12.5 Å². The Morgan fingerprint density at radius 2 is 1.91 bits per heavy atom. The van der Waals surface area contributed by atoms with Crippen LogP contribution in [0.2, 0.25) is 0 Å². The van der Waals surface area contributed by atoms with E-state index in [1.54, 1.807) is 0 Å². The monoisotopic (exact) mass is 158 g/mol. The van der Waals surface area contributed by atoms with Gasteiger partial charge in [-0.3, -0.25) is 0 Å². The molecule has 1 rings (SSSR count). The van der Waals surface area contributed by atoms with Crippen LogP contribution in [0.3, 0.4) is 0 Å². The molecule has 1 aliphatic carbocycles. The fraction of sp³-hybridized carbons (Fsp3) is 1.00. The first kappa shape index (κ1) is 9.01. The molecular weight excluding hydrogens is 140 g/mol. The highest BCUT2D eigenvalue weighted by atomic mass is 16.5. The lowest BCUT2D eigenvalue weighted by atomic mass is 10.1. The third-order valence-electron chi connectivity index (χ3n) is 2.38. The average Bonchev–Trinajstić information content (AvgIpc) is 2.50. The van der Waals surface area contributed by atoms with Crippen molar-refractivity contribution in [3.05, 3.63) is 0 Å². The van der Waals surface area contributed by atoms with Crippen LogP contribution >= 0.6 is 0 Å². The zero-order chi connectivity index (χ0) is 7.94. The van der Waals surface area contributed by atoms with Gasteiger partial charge in [-0.25, -0.2) is 0 Å². The van der Waals surface area contributed by atoms with Crippen LogP contribution in [0.15, 0.2) is 0 Å². The molecule has 1 saturated carbocycles. The lowest BCUT2D eigenvalue weighted by molar-refractivity contribution is 0.0834. The maximum Gasteiger partial charge on any atom is 0.0697 e. The molecule has 0 aliphatic heterocycles. The van der Waals surface area contributed by atoms with Gasteiger partial charge in [0.2, 0.25) is 0 Å².